The molecule has 4 rings (SSSR count). The molecule has 1 aromatic heterocycles. The summed E-state index contributed by atoms with van der Waals surface area (Å²) >= 11 is 0. The van der Waals surface area contributed by atoms with Gasteiger partial charge in [-0.1, -0.05) is 18.2 Å². The molecule has 1 saturated heterocycles. The molecule has 2 heterocycles. The van der Waals surface area contributed by atoms with Crippen LogP contribution >= 0.6 is 0 Å². The summed E-state index contributed by atoms with van der Waals surface area (Å²) in [6, 6.07) is 13.3. The van der Waals surface area contributed by atoms with E-state index >= 15 is 0 Å². The zero-order valence-electron chi connectivity index (χ0n) is 19.3. The molecule has 34 heavy (non-hydrogen) atoms. The molecular formula is C25H31N5O4. The van der Waals surface area contributed by atoms with Gasteiger partial charge in [-0.3, -0.25) is 5.10 Å². The van der Waals surface area contributed by atoms with Gasteiger partial charge in [0.1, 0.15) is 11.5 Å². The van der Waals surface area contributed by atoms with Gasteiger partial charge in [0, 0.05) is 43.9 Å². The predicted molar refractivity (Wildman–Crippen MR) is 130 cm³/mol. The number of methoxy groups -OCH3 is 1. The van der Waals surface area contributed by atoms with Crippen LogP contribution in [-0.2, 0) is 6.54 Å². The van der Waals surface area contributed by atoms with Crippen molar-refractivity contribution < 1.29 is 19.4 Å². The summed E-state index contributed by atoms with van der Waals surface area (Å²) < 4.78 is 11.3. The van der Waals surface area contributed by atoms with Crippen molar-refractivity contribution in [1.29, 1.82) is 0 Å². The highest BCUT2D eigenvalue weighted by Gasteiger charge is 2.27. The van der Waals surface area contributed by atoms with E-state index in [1.165, 1.54) is 0 Å². The average Bonchev–Trinajstić information content (AvgIpc) is 3.58. The summed E-state index contributed by atoms with van der Waals surface area (Å²) in [6.45, 7) is 2.46. The van der Waals surface area contributed by atoms with E-state index in [0.717, 1.165) is 42.0 Å². The summed E-state index contributed by atoms with van der Waals surface area (Å²) in [5.74, 6) is 1.31. The molecule has 1 aliphatic rings. The fourth-order valence-corrected chi connectivity index (χ4v) is 4.01. The average molecular weight is 466 g/mol. The first-order valence-electron chi connectivity index (χ1n) is 11.5. The van der Waals surface area contributed by atoms with E-state index in [1.807, 2.05) is 47.4 Å². The second kappa shape index (κ2) is 11.5. The number of aromatic amines is 1. The van der Waals surface area contributed by atoms with Crippen LogP contribution in [0.3, 0.4) is 0 Å². The Morgan fingerprint density at radius 2 is 2.18 bits per heavy atom. The fraction of sp³-hybridized carbons (Fsp3) is 0.360. The maximum atomic E-state index is 13.5. The molecule has 0 bridgehead atoms. The van der Waals surface area contributed by atoms with Crippen LogP contribution in [0.2, 0.25) is 0 Å². The molecule has 180 valence electrons. The van der Waals surface area contributed by atoms with Gasteiger partial charge in [0.15, 0.2) is 0 Å². The number of anilines is 1. The summed E-state index contributed by atoms with van der Waals surface area (Å²) in [6.07, 6.45) is 4.91. The van der Waals surface area contributed by atoms with Crippen molar-refractivity contribution in [3.63, 3.8) is 0 Å². The molecule has 0 aliphatic carbocycles. The standard InChI is InChI=1S/C25H31N5O4/c1-33-22-5-2-4-18(12-22)17-30(21-8-9-26-16-21)25(32)29-23-7-6-19(20-14-27-28-15-20)13-24(23)34-11-3-10-31/h2,4-7,12-15,21,26,31H,3,8-11,16-17H2,1H3,(H,27,28)(H,29,32). The van der Waals surface area contributed by atoms with Crippen LogP contribution in [0.5, 0.6) is 11.5 Å². The normalized spacial score (nSPS) is 15.2. The molecule has 2 amide bonds. The van der Waals surface area contributed by atoms with Gasteiger partial charge >= 0.3 is 6.03 Å². The molecule has 2 aromatic carbocycles. The van der Waals surface area contributed by atoms with Crippen LogP contribution in [-0.4, -0.2) is 65.7 Å². The monoisotopic (exact) mass is 465 g/mol. The molecule has 1 atom stereocenters. The Morgan fingerprint density at radius 3 is 2.91 bits per heavy atom. The van der Waals surface area contributed by atoms with Gasteiger partial charge < -0.3 is 30.1 Å². The highest BCUT2D eigenvalue weighted by molar-refractivity contribution is 5.92. The van der Waals surface area contributed by atoms with E-state index in [0.29, 0.717) is 31.0 Å². The number of hydrogen-bond acceptors (Lipinski definition) is 6. The summed E-state index contributed by atoms with van der Waals surface area (Å²) in [5.41, 5.74) is 3.41. The number of ether oxygens (including phenoxy) is 2. The summed E-state index contributed by atoms with van der Waals surface area (Å²) in [5, 5.41) is 22.4. The van der Waals surface area contributed by atoms with E-state index in [4.69, 9.17) is 14.6 Å². The molecule has 9 nitrogen and oxygen atoms in total. The van der Waals surface area contributed by atoms with Crippen LogP contribution < -0.4 is 20.1 Å². The maximum absolute atomic E-state index is 13.5. The number of carbonyl (C=O) groups excluding carboxylic acids is 1. The Morgan fingerprint density at radius 1 is 1.26 bits per heavy atom. The quantitative estimate of drug-likeness (QED) is 0.342. The van der Waals surface area contributed by atoms with Crippen LogP contribution in [0.25, 0.3) is 11.1 Å². The third-order valence-corrected chi connectivity index (χ3v) is 5.84. The smallest absolute Gasteiger partial charge is 0.322 e. The summed E-state index contributed by atoms with van der Waals surface area (Å²) in [4.78, 5) is 15.4. The van der Waals surface area contributed by atoms with E-state index in [-0.39, 0.29) is 18.7 Å². The lowest BCUT2D eigenvalue weighted by Crippen LogP contribution is -2.43. The van der Waals surface area contributed by atoms with E-state index in [2.05, 4.69) is 20.8 Å². The number of amides is 2. The number of carbonyl (C=O) groups is 1. The molecule has 4 N–H and O–H groups in total. The minimum atomic E-state index is -0.195. The summed E-state index contributed by atoms with van der Waals surface area (Å²) in [7, 11) is 1.63. The van der Waals surface area contributed by atoms with Crippen molar-refractivity contribution >= 4 is 11.7 Å². The fourth-order valence-electron chi connectivity index (χ4n) is 4.01. The number of aliphatic hydroxyl groups is 1. The van der Waals surface area contributed by atoms with Crippen molar-refractivity contribution in [2.75, 3.05) is 38.7 Å². The Hall–Kier alpha value is -3.56. The minimum absolute atomic E-state index is 0.0338. The third-order valence-electron chi connectivity index (χ3n) is 5.84. The Kier molecular flexibility index (Phi) is 8.00. The number of aliphatic hydroxyl groups excluding tert-OH is 1. The predicted octanol–water partition coefficient (Wildman–Crippen LogP) is 3.24. The second-order valence-corrected chi connectivity index (χ2v) is 8.18. The van der Waals surface area contributed by atoms with Crippen molar-refractivity contribution in [2.45, 2.75) is 25.4 Å². The van der Waals surface area contributed by atoms with Crippen LogP contribution in [0.15, 0.2) is 54.9 Å². The van der Waals surface area contributed by atoms with Crippen LogP contribution in [0, 0.1) is 0 Å². The number of aromatic nitrogens is 2. The lowest BCUT2D eigenvalue weighted by Gasteiger charge is -2.29. The van der Waals surface area contributed by atoms with E-state index < -0.39 is 0 Å². The van der Waals surface area contributed by atoms with Gasteiger partial charge in [-0.05, 0) is 48.4 Å². The van der Waals surface area contributed by atoms with Gasteiger partial charge in [-0.15, -0.1) is 0 Å². The second-order valence-electron chi connectivity index (χ2n) is 8.18. The van der Waals surface area contributed by atoms with Crippen LogP contribution in [0.1, 0.15) is 18.4 Å². The largest absolute Gasteiger partial charge is 0.497 e. The molecule has 0 spiro atoms. The third kappa shape index (κ3) is 5.86. The number of H-pyrrole nitrogens is 1. The number of nitrogens with zero attached hydrogens (tertiary/aromatic N) is 2. The van der Waals surface area contributed by atoms with Crippen LogP contribution in [0.4, 0.5) is 10.5 Å². The topological polar surface area (TPSA) is 112 Å². The van der Waals surface area contributed by atoms with Gasteiger partial charge in [0.05, 0.1) is 25.6 Å². The Bertz CT molecular complexity index is 1070. The molecule has 1 aliphatic heterocycles. The molecule has 0 saturated carbocycles. The zero-order chi connectivity index (χ0) is 23.8. The van der Waals surface area contributed by atoms with Gasteiger partial charge in [-0.25, -0.2) is 4.79 Å². The zero-order valence-corrected chi connectivity index (χ0v) is 19.3. The number of hydrogen-bond donors (Lipinski definition) is 4. The molecule has 3 aromatic rings. The van der Waals surface area contributed by atoms with Crippen molar-refractivity contribution in [2.24, 2.45) is 0 Å². The number of nitrogens with one attached hydrogen (secondary N) is 3. The highest BCUT2D eigenvalue weighted by atomic mass is 16.5. The molecular weight excluding hydrogens is 434 g/mol. The van der Waals surface area contributed by atoms with Gasteiger partial charge in [-0.2, -0.15) is 5.10 Å². The van der Waals surface area contributed by atoms with Crippen molar-refractivity contribution in [1.82, 2.24) is 20.4 Å². The highest BCUT2D eigenvalue weighted by Crippen LogP contribution is 2.31. The Balaban J connectivity index is 1.56. The first kappa shape index (κ1) is 23.6. The first-order valence-corrected chi connectivity index (χ1v) is 11.5. The van der Waals surface area contributed by atoms with E-state index in [9.17, 15) is 4.79 Å². The van der Waals surface area contributed by atoms with E-state index in [1.54, 1.807) is 19.5 Å². The maximum Gasteiger partial charge on any atom is 0.322 e. The molecule has 1 fully saturated rings. The first-order chi connectivity index (χ1) is 16.7. The lowest BCUT2D eigenvalue weighted by atomic mass is 10.1. The van der Waals surface area contributed by atoms with Gasteiger partial charge in [0.25, 0.3) is 0 Å². The SMILES string of the molecule is COc1cccc(CN(C(=O)Nc2ccc(-c3cn[nH]c3)cc2OCCCO)C2CCNC2)c1. The molecule has 1 unspecified atom stereocenters. The van der Waals surface area contributed by atoms with Crippen molar-refractivity contribution in [3.8, 4) is 22.6 Å². The number of rotatable bonds is 10. The molecule has 9 heteroatoms. The number of benzene rings is 2. The van der Waals surface area contributed by atoms with Gasteiger partial charge in [0.2, 0.25) is 0 Å². The Labute approximate surface area is 199 Å². The number of urea groups is 1. The minimum Gasteiger partial charge on any atom is -0.497 e. The molecule has 0 radical (unpaired) electrons. The van der Waals surface area contributed by atoms with Crippen molar-refractivity contribution in [3.05, 3.63) is 60.4 Å². The lowest BCUT2D eigenvalue weighted by molar-refractivity contribution is 0.188.